The van der Waals surface area contributed by atoms with Crippen molar-refractivity contribution in [2.75, 3.05) is 0 Å². The van der Waals surface area contributed by atoms with E-state index in [0.29, 0.717) is 5.95 Å². The minimum atomic E-state index is 0.665. The number of hydrogen-bond donors (Lipinski definition) is 0. The summed E-state index contributed by atoms with van der Waals surface area (Å²) < 4.78 is 4.78. The molecule has 0 aliphatic carbocycles. The van der Waals surface area contributed by atoms with Crippen molar-refractivity contribution < 1.29 is 0 Å². The molecule has 0 amide bonds. The Morgan fingerprint density at radius 1 is 0.396 bits per heavy atom. The van der Waals surface area contributed by atoms with Crippen molar-refractivity contribution in [1.82, 2.24) is 14.5 Å². The van der Waals surface area contributed by atoms with E-state index in [-0.39, 0.29) is 0 Å². The van der Waals surface area contributed by atoms with Gasteiger partial charge in [0.25, 0.3) is 0 Å². The number of rotatable bonds is 4. The van der Waals surface area contributed by atoms with Crippen molar-refractivity contribution in [3.8, 4) is 39.3 Å². The van der Waals surface area contributed by atoms with E-state index in [1.807, 2.05) is 23.7 Å². The predicted molar refractivity (Wildman–Crippen MR) is 203 cm³/mol. The van der Waals surface area contributed by atoms with Gasteiger partial charge in [-0.2, -0.15) is 0 Å². The first kappa shape index (κ1) is 27.1. The lowest BCUT2D eigenvalue weighted by molar-refractivity contribution is 0.991. The largest absolute Gasteiger partial charge is 0.278 e. The molecule has 0 saturated carbocycles. The van der Waals surface area contributed by atoms with Gasteiger partial charge < -0.3 is 0 Å². The van der Waals surface area contributed by atoms with E-state index in [0.717, 1.165) is 22.2 Å². The van der Waals surface area contributed by atoms with Gasteiger partial charge in [-0.15, -0.1) is 11.3 Å². The first-order chi connectivity index (χ1) is 23.8. The van der Waals surface area contributed by atoms with Gasteiger partial charge in [-0.25, -0.2) is 9.97 Å². The molecule has 10 aromatic rings. The van der Waals surface area contributed by atoms with E-state index >= 15 is 0 Å². The number of thiophene rings is 1. The second-order valence-electron chi connectivity index (χ2n) is 12.3. The Morgan fingerprint density at radius 2 is 1.00 bits per heavy atom. The molecule has 0 unspecified atom stereocenters. The lowest BCUT2D eigenvalue weighted by Crippen LogP contribution is -2.00. The molecule has 3 nitrogen and oxygen atoms in total. The smallest absolute Gasteiger partial charge is 0.234 e. The Hall–Kier alpha value is -6.10. The Morgan fingerprint density at radius 3 is 1.71 bits per heavy atom. The van der Waals surface area contributed by atoms with E-state index in [1.54, 1.807) is 0 Å². The molecular weight excluding hydrogens is 603 g/mol. The third-order valence-electron chi connectivity index (χ3n) is 9.47. The molecule has 0 aliphatic rings. The second-order valence-corrected chi connectivity index (χ2v) is 13.4. The highest BCUT2D eigenvalue weighted by Crippen LogP contribution is 2.43. The quantitative estimate of drug-likeness (QED) is 0.194. The molecule has 3 aromatic heterocycles. The van der Waals surface area contributed by atoms with Crippen LogP contribution in [-0.4, -0.2) is 14.5 Å². The SMILES string of the molecule is c1ccc(-c2cc(-c3ccccc3)cc(-c3cnc(-n4c5ccccc5c5cc6c(cc54)sc4ccc5ccccc5c46)nc3)c2)cc1. The number of benzene rings is 7. The van der Waals surface area contributed by atoms with Crippen molar-refractivity contribution in [2.45, 2.75) is 0 Å². The van der Waals surface area contributed by atoms with Crippen LogP contribution in [0.5, 0.6) is 0 Å². The number of para-hydroxylation sites is 1. The molecule has 0 atom stereocenters. The van der Waals surface area contributed by atoms with E-state index in [1.165, 1.54) is 64.0 Å². The van der Waals surface area contributed by atoms with E-state index < -0.39 is 0 Å². The van der Waals surface area contributed by atoms with Crippen LogP contribution in [0.4, 0.5) is 0 Å². The molecule has 0 fully saturated rings. The molecule has 3 heterocycles. The summed E-state index contributed by atoms with van der Waals surface area (Å²) in [5, 5.41) is 7.61. The summed E-state index contributed by atoms with van der Waals surface area (Å²) in [5.41, 5.74) is 8.97. The molecule has 224 valence electrons. The number of nitrogens with zero attached hydrogens (tertiary/aromatic N) is 3. The van der Waals surface area contributed by atoms with Crippen molar-refractivity contribution >= 4 is 64.1 Å². The van der Waals surface area contributed by atoms with Crippen molar-refractivity contribution in [2.24, 2.45) is 0 Å². The predicted octanol–water partition coefficient (Wildman–Crippen LogP) is 12.1. The topological polar surface area (TPSA) is 30.7 Å². The van der Waals surface area contributed by atoms with Crippen LogP contribution < -0.4 is 0 Å². The minimum absolute atomic E-state index is 0.665. The molecule has 10 rings (SSSR count). The molecular formula is C44H27N3S. The van der Waals surface area contributed by atoms with Crippen LogP contribution in [0.2, 0.25) is 0 Å². The maximum absolute atomic E-state index is 5.02. The van der Waals surface area contributed by atoms with Gasteiger partial charge in [-0.05, 0) is 81.1 Å². The Bertz CT molecular complexity index is 2760. The Balaban J connectivity index is 1.14. The Labute approximate surface area is 281 Å². The van der Waals surface area contributed by atoms with Gasteiger partial charge in [0.2, 0.25) is 5.95 Å². The molecule has 0 bridgehead atoms. The van der Waals surface area contributed by atoms with Crippen LogP contribution in [0.15, 0.2) is 164 Å². The van der Waals surface area contributed by atoms with Crippen LogP contribution in [0.25, 0.3) is 92.1 Å². The molecule has 0 radical (unpaired) electrons. The van der Waals surface area contributed by atoms with Gasteiger partial charge in [0.15, 0.2) is 0 Å². The summed E-state index contributed by atoms with van der Waals surface area (Å²) in [5.74, 6) is 0.665. The van der Waals surface area contributed by atoms with Gasteiger partial charge in [0.05, 0.1) is 11.0 Å². The highest BCUT2D eigenvalue weighted by atomic mass is 32.1. The molecule has 0 saturated heterocycles. The van der Waals surface area contributed by atoms with Crippen molar-refractivity contribution in [3.63, 3.8) is 0 Å². The average molecular weight is 630 g/mol. The Kier molecular flexibility index (Phi) is 6.05. The maximum Gasteiger partial charge on any atom is 0.234 e. The normalized spacial score (nSPS) is 11.8. The zero-order valence-electron chi connectivity index (χ0n) is 25.8. The van der Waals surface area contributed by atoms with Gasteiger partial charge >= 0.3 is 0 Å². The highest BCUT2D eigenvalue weighted by Gasteiger charge is 2.18. The maximum atomic E-state index is 5.02. The highest BCUT2D eigenvalue weighted by molar-refractivity contribution is 7.26. The molecule has 0 aliphatic heterocycles. The summed E-state index contributed by atoms with van der Waals surface area (Å²) in [6, 6.07) is 54.3. The fraction of sp³-hybridized carbons (Fsp3) is 0. The van der Waals surface area contributed by atoms with Gasteiger partial charge in [0.1, 0.15) is 0 Å². The zero-order valence-corrected chi connectivity index (χ0v) is 26.7. The summed E-state index contributed by atoms with van der Waals surface area (Å²) >= 11 is 1.85. The first-order valence-electron chi connectivity index (χ1n) is 16.1. The van der Waals surface area contributed by atoms with Gasteiger partial charge in [-0.3, -0.25) is 4.57 Å². The number of fused-ring (bicyclic) bond motifs is 8. The third-order valence-corrected chi connectivity index (χ3v) is 10.6. The molecule has 0 spiro atoms. The number of aromatic nitrogens is 3. The van der Waals surface area contributed by atoms with E-state index in [2.05, 4.69) is 156 Å². The van der Waals surface area contributed by atoms with Gasteiger partial charge in [0, 0.05) is 48.9 Å². The summed E-state index contributed by atoms with van der Waals surface area (Å²) in [6.45, 7) is 0. The number of hydrogen-bond acceptors (Lipinski definition) is 3. The van der Waals surface area contributed by atoms with Crippen LogP contribution in [-0.2, 0) is 0 Å². The first-order valence-corrected chi connectivity index (χ1v) is 17.0. The van der Waals surface area contributed by atoms with Crippen LogP contribution in [0, 0.1) is 0 Å². The van der Waals surface area contributed by atoms with Crippen molar-refractivity contribution in [3.05, 3.63) is 164 Å². The monoisotopic (exact) mass is 629 g/mol. The average Bonchev–Trinajstić information content (AvgIpc) is 3.69. The second kappa shape index (κ2) is 10.7. The minimum Gasteiger partial charge on any atom is -0.278 e. The third kappa shape index (κ3) is 4.27. The molecule has 4 heteroatoms. The zero-order chi connectivity index (χ0) is 31.6. The summed E-state index contributed by atoms with van der Waals surface area (Å²) in [4.78, 5) is 10.0. The van der Waals surface area contributed by atoms with Crippen molar-refractivity contribution in [1.29, 1.82) is 0 Å². The molecule has 0 N–H and O–H groups in total. The lowest BCUT2D eigenvalue weighted by atomic mass is 9.94. The molecule has 48 heavy (non-hydrogen) atoms. The standard InChI is InChI=1S/C44H27N3S/c1-3-11-28(12-4-1)31-21-32(29-13-5-2-6-14-29)23-33(22-31)34-26-45-44(46-27-34)47-39-18-10-9-17-36(39)37-24-38-42(25-40(37)47)48-41-20-19-30-15-7-8-16-35(30)43(38)41/h1-27H. The van der Waals surface area contributed by atoms with E-state index in [9.17, 15) is 0 Å². The fourth-order valence-electron chi connectivity index (χ4n) is 7.20. The molecule has 7 aromatic carbocycles. The summed E-state index contributed by atoms with van der Waals surface area (Å²) in [6.07, 6.45) is 3.93. The van der Waals surface area contributed by atoms with Crippen LogP contribution in [0.1, 0.15) is 0 Å². The van der Waals surface area contributed by atoms with Crippen LogP contribution in [0.3, 0.4) is 0 Å². The van der Waals surface area contributed by atoms with Gasteiger partial charge in [-0.1, -0.05) is 109 Å². The van der Waals surface area contributed by atoms with Crippen LogP contribution >= 0.6 is 11.3 Å². The lowest BCUT2D eigenvalue weighted by Gasteiger charge is -2.12. The summed E-state index contributed by atoms with van der Waals surface area (Å²) in [7, 11) is 0. The van der Waals surface area contributed by atoms with E-state index in [4.69, 9.17) is 9.97 Å². The fourth-order valence-corrected chi connectivity index (χ4v) is 8.34.